The molecular formula is C4H4F5NO2. The van der Waals surface area contributed by atoms with Gasteiger partial charge in [0.25, 0.3) is 0 Å². The first-order chi connectivity index (χ1) is 5.10. The molecule has 0 spiro atoms. The van der Waals surface area contributed by atoms with E-state index in [4.69, 9.17) is 5.11 Å². The minimum absolute atomic E-state index is 2.90. The fraction of sp³-hybridized carbons (Fsp3) is 0.750. The van der Waals surface area contributed by atoms with Crippen molar-refractivity contribution in [3.63, 3.8) is 0 Å². The van der Waals surface area contributed by atoms with E-state index in [0.29, 0.717) is 0 Å². The van der Waals surface area contributed by atoms with Crippen molar-refractivity contribution in [2.24, 2.45) is 5.73 Å². The van der Waals surface area contributed by atoms with Crippen LogP contribution in [0.3, 0.4) is 0 Å². The number of hydrogen-bond acceptors (Lipinski definition) is 2. The largest absolute Gasteiger partial charge is 0.477 e. The maximum Gasteiger partial charge on any atom is 0.410 e. The van der Waals surface area contributed by atoms with Crippen LogP contribution in [0.4, 0.5) is 22.0 Å². The second-order valence-electron chi connectivity index (χ2n) is 1.95. The third-order valence-electron chi connectivity index (χ3n) is 1.03. The van der Waals surface area contributed by atoms with Gasteiger partial charge in [-0.1, -0.05) is 0 Å². The zero-order valence-electron chi connectivity index (χ0n) is 5.40. The maximum atomic E-state index is 12.0. The van der Waals surface area contributed by atoms with Crippen molar-refractivity contribution >= 4 is 5.97 Å². The third-order valence-corrected chi connectivity index (χ3v) is 1.03. The van der Waals surface area contributed by atoms with Gasteiger partial charge in [0.1, 0.15) is 0 Å². The van der Waals surface area contributed by atoms with Crippen LogP contribution in [0.5, 0.6) is 0 Å². The molecule has 0 bridgehead atoms. The number of aliphatic carboxylic acids is 1. The molecule has 0 rings (SSSR count). The van der Waals surface area contributed by atoms with Crippen LogP contribution >= 0.6 is 0 Å². The highest BCUT2D eigenvalue weighted by molar-refractivity contribution is 5.76. The molecule has 0 fully saturated rings. The highest BCUT2D eigenvalue weighted by Crippen LogP contribution is 2.30. The van der Waals surface area contributed by atoms with E-state index < -0.39 is 24.1 Å². The maximum absolute atomic E-state index is 12.0. The summed E-state index contributed by atoms with van der Waals surface area (Å²) in [6.07, 6.45) is -5.43. The van der Waals surface area contributed by atoms with E-state index in [1.54, 1.807) is 0 Å². The molecule has 3 nitrogen and oxygen atoms in total. The van der Waals surface area contributed by atoms with Crippen LogP contribution in [0.1, 0.15) is 0 Å². The lowest BCUT2D eigenvalue weighted by atomic mass is 10.1. The molecule has 1 atom stereocenters. The van der Waals surface area contributed by atoms with Gasteiger partial charge in [0.15, 0.2) is 6.04 Å². The van der Waals surface area contributed by atoms with Crippen LogP contribution in [0, 0.1) is 0 Å². The van der Waals surface area contributed by atoms with Crippen LogP contribution in [0.2, 0.25) is 0 Å². The smallest absolute Gasteiger partial charge is 0.410 e. The Bertz CT molecular complexity index is 188. The first-order valence-electron chi connectivity index (χ1n) is 2.53. The van der Waals surface area contributed by atoms with E-state index in [2.05, 4.69) is 5.73 Å². The Kier molecular flexibility index (Phi) is 2.63. The van der Waals surface area contributed by atoms with E-state index in [1.807, 2.05) is 0 Å². The molecule has 12 heavy (non-hydrogen) atoms. The number of alkyl halides is 5. The predicted molar refractivity (Wildman–Crippen MR) is 26.6 cm³/mol. The van der Waals surface area contributed by atoms with Crippen molar-refractivity contribution in [2.45, 2.75) is 18.1 Å². The second-order valence-corrected chi connectivity index (χ2v) is 1.95. The quantitative estimate of drug-likeness (QED) is 0.631. The molecule has 0 aliphatic carbocycles. The Hall–Kier alpha value is -0.920. The standard InChI is InChI=1S/C4H4F5NO2/c5-3(6,2(11)12)1(10)4(7,8)9/h1H,10H2,(H,11,12). The van der Waals surface area contributed by atoms with Gasteiger partial charge >= 0.3 is 18.1 Å². The Balaban J connectivity index is 4.69. The van der Waals surface area contributed by atoms with E-state index in [0.717, 1.165) is 0 Å². The lowest BCUT2D eigenvalue weighted by molar-refractivity contribution is -0.216. The second kappa shape index (κ2) is 2.85. The lowest BCUT2D eigenvalue weighted by Crippen LogP contribution is -2.55. The third kappa shape index (κ3) is 2.03. The number of halogens is 5. The van der Waals surface area contributed by atoms with Crippen LogP contribution in [-0.4, -0.2) is 29.2 Å². The molecule has 0 aromatic heterocycles. The molecule has 0 aliphatic heterocycles. The summed E-state index contributed by atoms with van der Waals surface area (Å²) >= 11 is 0. The van der Waals surface area contributed by atoms with Gasteiger partial charge in [-0.25, -0.2) is 4.79 Å². The molecule has 0 aliphatic rings. The monoisotopic (exact) mass is 193 g/mol. The Morgan fingerprint density at radius 2 is 1.58 bits per heavy atom. The van der Waals surface area contributed by atoms with Gasteiger partial charge in [-0.05, 0) is 0 Å². The van der Waals surface area contributed by atoms with Crippen molar-refractivity contribution in [1.29, 1.82) is 0 Å². The molecule has 0 heterocycles. The summed E-state index contributed by atoms with van der Waals surface area (Å²) in [6, 6.07) is -3.68. The molecule has 0 amide bonds. The van der Waals surface area contributed by atoms with Gasteiger partial charge in [0.05, 0.1) is 0 Å². The van der Waals surface area contributed by atoms with Crippen LogP contribution in [0.15, 0.2) is 0 Å². The van der Waals surface area contributed by atoms with Gasteiger partial charge in [-0.2, -0.15) is 22.0 Å². The Morgan fingerprint density at radius 3 is 1.67 bits per heavy atom. The van der Waals surface area contributed by atoms with Gasteiger partial charge in [-0.15, -0.1) is 0 Å². The Labute approximate surface area is 63.0 Å². The minimum Gasteiger partial charge on any atom is -0.477 e. The topological polar surface area (TPSA) is 63.3 Å². The summed E-state index contributed by atoms with van der Waals surface area (Å²) in [6.45, 7) is 0. The fourth-order valence-corrected chi connectivity index (χ4v) is 0.339. The molecule has 0 saturated heterocycles. The fourth-order valence-electron chi connectivity index (χ4n) is 0.339. The van der Waals surface area contributed by atoms with Crippen LogP contribution < -0.4 is 5.73 Å². The van der Waals surface area contributed by atoms with Crippen LogP contribution in [0.25, 0.3) is 0 Å². The molecule has 0 aromatic rings. The zero-order chi connectivity index (χ0) is 10.2. The molecule has 0 aromatic carbocycles. The van der Waals surface area contributed by atoms with Gasteiger partial charge in [-0.3, -0.25) is 0 Å². The van der Waals surface area contributed by atoms with Crippen molar-refractivity contribution in [2.75, 3.05) is 0 Å². The molecule has 0 radical (unpaired) electrons. The van der Waals surface area contributed by atoms with Crippen molar-refractivity contribution in [1.82, 2.24) is 0 Å². The van der Waals surface area contributed by atoms with E-state index in [9.17, 15) is 26.7 Å². The highest BCUT2D eigenvalue weighted by atomic mass is 19.4. The van der Waals surface area contributed by atoms with Crippen molar-refractivity contribution < 1.29 is 31.9 Å². The number of carbonyl (C=O) groups is 1. The average Bonchev–Trinajstić information content (AvgIpc) is 1.83. The Morgan fingerprint density at radius 1 is 1.25 bits per heavy atom. The molecule has 0 saturated carbocycles. The normalized spacial score (nSPS) is 15.8. The van der Waals surface area contributed by atoms with Crippen LogP contribution in [-0.2, 0) is 4.79 Å². The van der Waals surface area contributed by atoms with Gasteiger partial charge in [0.2, 0.25) is 0 Å². The SMILES string of the molecule is NC(C(F)(F)F)C(F)(F)C(=O)O. The summed E-state index contributed by atoms with van der Waals surface area (Å²) in [5.41, 5.74) is 3.97. The van der Waals surface area contributed by atoms with E-state index in [1.165, 1.54) is 0 Å². The number of carboxylic acids is 1. The summed E-state index contributed by atoms with van der Waals surface area (Å²) in [7, 11) is 0. The van der Waals surface area contributed by atoms with Gasteiger partial charge < -0.3 is 10.8 Å². The van der Waals surface area contributed by atoms with Crippen molar-refractivity contribution in [3.05, 3.63) is 0 Å². The number of rotatable bonds is 2. The number of hydrogen-bond donors (Lipinski definition) is 2. The highest BCUT2D eigenvalue weighted by Gasteiger charge is 2.58. The summed E-state index contributed by atoms with van der Waals surface area (Å²) < 4.78 is 58.3. The number of nitrogens with two attached hydrogens (primary N) is 1. The molecule has 1 unspecified atom stereocenters. The summed E-state index contributed by atoms with van der Waals surface area (Å²) in [5, 5.41) is 7.64. The average molecular weight is 193 g/mol. The molecule has 3 N–H and O–H groups in total. The molecular weight excluding hydrogens is 189 g/mol. The predicted octanol–water partition coefficient (Wildman–Crippen LogP) is 0.596. The first-order valence-corrected chi connectivity index (χ1v) is 2.53. The summed E-state index contributed by atoms with van der Waals surface area (Å²) in [4.78, 5) is 9.58. The van der Waals surface area contributed by atoms with E-state index >= 15 is 0 Å². The molecule has 72 valence electrons. The zero-order valence-corrected chi connectivity index (χ0v) is 5.40. The molecule has 8 heteroatoms. The van der Waals surface area contributed by atoms with Gasteiger partial charge in [0, 0.05) is 0 Å². The van der Waals surface area contributed by atoms with Crippen molar-refractivity contribution in [3.8, 4) is 0 Å². The minimum atomic E-state index is -5.43. The lowest BCUT2D eigenvalue weighted by Gasteiger charge is -2.21. The first kappa shape index (κ1) is 11.1. The summed E-state index contributed by atoms with van der Waals surface area (Å²) in [5.74, 6) is -7.88. The number of carboxylic acid groups (broad SMARTS) is 1. The van der Waals surface area contributed by atoms with E-state index in [-0.39, 0.29) is 0 Å².